The fraction of sp³-hybridized carbons (Fsp3) is 0.480. The molecule has 1 saturated heterocycles. The normalized spacial score (nSPS) is 19.3. The number of amides is 1. The van der Waals surface area contributed by atoms with E-state index in [2.05, 4.69) is 73.0 Å². The van der Waals surface area contributed by atoms with E-state index in [9.17, 15) is 4.79 Å². The maximum Gasteiger partial charge on any atom is 0.237 e. The zero-order valence-electron chi connectivity index (χ0n) is 18.3. The Morgan fingerprint density at radius 1 is 1.03 bits per heavy atom. The molecule has 1 heterocycles. The molecule has 0 N–H and O–H groups in total. The average Bonchev–Trinajstić information content (AvgIpc) is 3.27. The van der Waals surface area contributed by atoms with Crippen molar-refractivity contribution in [1.29, 1.82) is 0 Å². The molecular formula is C25H35N3O. The lowest BCUT2D eigenvalue weighted by Crippen LogP contribution is -2.45. The molecule has 0 aliphatic carbocycles. The molecule has 2 aromatic rings. The van der Waals surface area contributed by atoms with Gasteiger partial charge in [-0.15, -0.1) is 0 Å². The van der Waals surface area contributed by atoms with Crippen molar-refractivity contribution in [3.05, 3.63) is 71.8 Å². The predicted octanol–water partition coefficient (Wildman–Crippen LogP) is 4.36. The van der Waals surface area contributed by atoms with Gasteiger partial charge >= 0.3 is 0 Å². The maximum atomic E-state index is 13.0. The minimum atomic E-state index is 0.0839. The summed E-state index contributed by atoms with van der Waals surface area (Å²) >= 11 is 0. The summed E-state index contributed by atoms with van der Waals surface area (Å²) in [7, 11) is 1.92. The Balaban J connectivity index is 1.58. The lowest BCUT2D eigenvalue weighted by atomic mass is 10.1. The lowest BCUT2D eigenvalue weighted by Gasteiger charge is -2.32. The van der Waals surface area contributed by atoms with Crippen molar-refractivity contribution in [2.75, 3.05) is 33.2 Å². The van der Waals surface area contributed by atoms with Gasteiger partial charge in [0.15, 0.2) is 0 Å². The highest BCUT2D eigenvalue weighted by molar-refractivity contribution is 5.78. The van der Waals surface area contributed by atoms with Gasteiger partial charge < -0.3 is 4.90 Å². The quantitative estimate of drug-likeness (QED) is 0.667. The molecule has 0 radical (unpaired) electrons. The molecule has 4 heteroatoms. The number of hydrogen-bond donors (Lipinski definition) is 0. The number of hydrogen-bond acceptors (Lipinski definition) is 3. The van der Waals surface area contributed by atoms with Crippen LogP contribution in [0.3, 0.4) is 0 Å². The number of carbonyl (C=O) groups excluding carboxylic acids is 1. The highest BCUT2D eigenvalue weighted by Crippen LogP contribution is 2.27. The maximum absolute atomic E-state index is 13.0. The topological polar surface area (TPSA) is 26.8 Å². The van der Waals surface area contributed by atoms with E-state index in [0.29, 0.717) is 18.6 Å². The third-order valence-electron chi connectivity index (χ3n) is 6.54. The van der Waals surface area contributed by atoms with Gasteiger partial charge in [-0.1, -0.05) is 67.6 Å². The summed E-state index contributed by atoms with van der Waals surface area (Å²) in [6.07, 6.45) is 1.12. The van der Waals surface area contributed by atoms with E-state index in [0.717, 1.165) is 26.1 Å². The van der Waals surface area contributed by atoms with Crippen molar-refractivity contribution in [3.63, 3.8) is 0 Å². The third kappa shape index (κ3) is 5.26. The minimum Gasteiger partial charge on any atom is -0.338 e. The molecule has 156 valence electrons. The first-order valence-electron chi connectivity index (χ1n) is 10.8. The molecule has 3 atom stereocenters. The van der Waals surface area contributed by atoms with Gasteiger partial charge in [-0.2, -0.15) is 0 Å². The van der Waals surface area contributed by atoms with E-state index < -0.39 is 0 Å². The Bertz CT molecular complexity index is 764. The number of likely N-dealkylation sites (N-methyl/N-ethyl adjacent to an activating group) is 2. The van der Waals surface area contributed by atoms with Crippen molar-refractivity contribution >= 4 is 5.91 Å². The highest BCUT2D eigenvalue weighted by Gasteiger charge is 2.31. The van der Waals surface area contributed by atoms with E-state index in [1.165, 1.54) is 11.1 Å². The van der Waals surface area contributed by atoms with Crippen molar-refractivity contribution in [2.24, 2.45) is 0 Å². The fourth-order valence-electron chi connectivity index (χ4n) is 4.32. The van der Waals surface area contributed by atoms with Crippen LogP contribution in [0.4, 0.5) is 0 Å². The molecule has 29 heavy (non-hydrogen) atoms. The molecular weight excluding hydrogens is 358 g/mol. The SMILES string of the molecule is CCN(CC(=O)N(C)C(C)c1ccccc1)C1CCN(C(C)c2ccccc2)C1. The molecule has 0 bridgehead atoms. The second-order valence-electron chi connectivity index (χ2n) is 8.18. The number of benzene rings is 2. The van der Waals surface area contributed by atoms with E-state index in [1.54, 1.807) is 0 Å². The van der Waals surface area contributed by atoms with Crippen LogP contribution in [-0.4, -0.2) is 59.9 Å². The Kier molecular flexibility index (Phi) is 7.45. The largest absolute Gasteiger partial charge is 0.338 e. The van der Waals surface area contributed by atoms with E-state index >= 15 is 0 Å². The molecule has 3 unspecified atom stereocenters. The molecule has 0 spiro atoms. The molecule has 0 saturated carbocycles. The van der Waals surface area contributed by atoms with Crippen molar-refractivity contribution in [3.8, 4) is 0 Å². The van der Waals surface area contributed by atoms with Gasteiger partial charge in [-0.3, -0.25) is 14.6 Å². The Morgan fingerprint density at radius 2 is 1.62 bits per heavy atom. The lowest BCUT2D eigenvalue weighted by molar-refractivity contribution is -0.133. The molecule has 2 aromatic carbocycles. The first-order chi connectivity index (χ1) is 14.0. The summed E-state index contributed by atoms with van der Waals surface area (Å²) in [5, 5.41) is 0. The van der Waals surface area contributed by atoms with Crippen LogP contribution in [0.1, 0.15) is 50.4 Å². The molecule has 0 aromatic heterocycles. The van der Waals surface area contributed by atoms with E-state index in [4.69, 9.17) is 0 Å². The first-order valence-corrected chi connectivity index (χ1v) is 10.8. The van der Waals surface area contributed by atoms with Gasteiger partial charge in [-0.05, 0) is 37.9 Å². The molecule has 1 aliphatic heterocycles. The molecule has 1 amide bonds. The average molecular weight is 394 g/mol. The summed E-state index contributed by atoms with van der Waals surface area (Å²) in [4.78, 5) is 19.8. The highest BCUT2D eigenvalue weighted by atomic mass is 16.2. The van der Waals surface area contributed by atoms with Crippen LogP contribution in [-0.2, 0) is 4.79 Å². The number of nitrogens with zero attached hydrogens (tertiary/aromatic N) is 3. The van der Waals surface area contributed by atoms with Crippen LogP contribution < -0.4 is 0 Å². The van der Waals surface area contributed by atoms with Gasteiger partial charge in [0.2, 0.25) is 5.91 Å². The Morgan fingerprint density at radius 3 is 2.21 bits per heavy atom. The summed E-state index contributed by atoms with van der Waals surface area (Å²) in [6, 6.07) is 21.9. The first kappa shape index (κ1) is 21.5. The van der Waals surface area contributed by atoms with Crippen molar-refractivity contribution < 1.29 is 4.79 Å². The van der Waals surface area contributed by atoms with Crippen LogP contribution in [0.5, 0.6) is 0 Å². The van der Waals surface area contributed by atoms with Crippen LogP contribution in [0.15, 0.2) is 60.7 Å². The second kappa shape index (κ2) is 10.0. The van der Waals surface area contributed by atoms with Crippen LogP contribution in [0.2, 0.25) is 0 Å². The zero-order valence-corrected chi connectivity index (χ0v) is 18.3. The van der Waals surface area contributed by atoms with Gasteiger partial charge in [0, 0.05) is 32.2 Å². The standard InChI is InChI=1S/C25H35N3O/c1-5-27(19-25(29)26(4)20(2)22-12-8-6-9-13-22)24-16-17-28(18-24)21(3)23-14-10-7-11-15-23/h6-15,20-21,24H,5,16-19H2,1-4H3. The number of likely N-dealkylation sites (tertiary alicyclic amines) is 1. The smallest absolute Gasteiger partial charge is 0.237 e. The summed E-state index contributed by atoms with van der Waals surface area (Å²) in [5.74, 6) is 0.192. The van der Waals surface area contributed by atoms with Crippen LogP contribution in [0, 0.1) is 0 Å². The van der Waals surface area contributed by atoms with E-state index in [-0.39, 0.29) is 11.9 Å². The molecule has 1 aliphatic rings. The van der Waals surface area contributed by atoms with Gasteiger partial charge in [0.05, 0.1) is 12.6 Å². The minimum absolute atomic E-state index is 0.0839. The summed E-state index contributed by atoms with van der Waals surface area (Å²) in [6.45, 7) is 10.0. The van der Waals surface area contributed by atoms with Crippen molar-refractivity contribution in [1.82, 2.24) is 14.7 Å². The van der Waals surface area contributed by atoms with Gasteiger partial charge in [0.25, 0.3) is 0 Å². The molecule has 3 rings (SSSR count). The zero-order chi connectivity index (χ0) is 20.8. The monoisotopic (exact) mass is 393 g/mol. The summed E-state index contributed by atoms with van der Waals surface area (Å²) < 4.78 is 0. The molecule has 4 nitrogen and oxygen atoms in total. The van der Waals surface area contributed by atoms with Crippen LogP contribution in [0.25, 0.3) is 0 Å². The number of carbonyl (C=O) groups is 1. The number of rotatable bonds is 8. The summed E-state index contributed by atoms with van der Waals surface area (Å²) in [5.41, 5.74) is 2.54. The fourth-order valence-corrected chi connectivity index (χ4v) is 4.32. The van der Waals surface area contributed by atoms with Gasteiger partial charge in [-0.25, -0.2) is 0 Å². The van der Waals surface area contributed by atoms with Crippen LogP contribution >= 0.6 is 0 Å². The Hall–Kier alpha value is -2.17. The second-order valence-corrected chi connectivity index (χ2v) is 8.18. The van der Waals surface area contributed by atoms with Gasteiger partial charge in [0.1, 0.15) is 0 Å². The Labute approximate surface area is 176 Å². The predicted molar refractivity (Wildman–Crippen MR) is 120 cm³/mol. The molecule has 1 fully saturated rings. The third-order valence-corrected chi connectivity index (χ3v) is 6.54. The van der Waals surface area contributed by atoms with E-state index in [1.807, 2.05) is 30.1 Å². The van der Waals surface area contributed by atoms with Crippen molar-refractivity contribution in [2.45, 2.75) is 45.3 Å².